The molecule has 6 nitrogen and oxygen atoms in total. The number of alkyl carbamates (subject to hydrolysis) is 1. The summed E-state index contributed by atoms with van der Waals surface area (Å²) < 4.78 is 5.14. The van der Waals surface area contributed by atoms with Crippen molar-refractivity contribution >= 4 is 28.6 Å². The normalized spacial score (nSPS) is 11.2. The fourth-order valence-corrected chi connectivity index (χ4v) is 2.25. The van der Waals surface area contributed by atoms with Gasteiger partial charge in [0.2, 0.25) is 5.91 Å². The molecule has 1 heterocycles. The van der Waals surface area contributed by atoms with E-state index >= 15 is 0 Å². The molecule has 2 rings (SSSR count). The SMILES string of the molecule is CN(C(=O)CCNC(=O)OC(C)(C)C)c1cccc2cccnc12. The first kappa shape index (κ1) is 17.7. The molecule has 1 aromatic carbocycles. The van der Waals surface area contributed by atoms with Gasteiger partial charge >= 0.3 is 6.09 Å². The number of benzene rings is 1. The van der Waals surface area contributed by atoms with E-state index in [9.17, 15) is 9.59 Å². The minimum absolute atomic E-state index is 0.107. The third-order valence-electron chi connectivity index (χ3n) is 3.35. The number of nitrogens with zero attached hydrogens (tertiary/aromatic N) is 2. The van der Waals surface area contributed by atoms with Crippen molar-refractivity contribution in [3.8, 4) is 0 Å². The molecule has 6 heteroatoms. The summed E-state index contributed by atoms with van der Waals surface area (Å²) >= 11 is 0. The summed E-state index contributed by atoms with van der Waals surface area (Å²) in [4.78, 5) is 29.9. The molecule has 0 atom stereocenters. The summed E-state index contributed by atoms with van der Waals surface area (Å²) in [6, 6.07) is 9.51. The molecule has 0 unspecified atom stereocenters. The molecule has 128 valence electrons. The second kappa shape index (κ2) is 7.29. The van der Waals surface area contributed by atoms with Crippen LogP contribution in [-0.2, 0) is 9.53 Å². The van der Waals surface area contributed by atoms with E-state index in [0.717, 1.165) is 16.6 Å². The smallest absolute Gasteiger partial charge is 0.407 e. The molecule has 0 saturated carbocycles. The lowest BCUT2D eigenvalue weighted by Crippen LogP contribution is -2.35. The molecule has 2 amide bonds. The Labute approximate surface area is 141 Å². The topological polar surface area (TPSA) is 71.5 Å². The van der Waals surface area contributed by atoms with E-state index in [1.54, 1.807) is 38.9 Å². The number of pyridine rings is 1. The summed E-state index contributed by atoms with van der Waals surface area (Å²) in [6.07, 6.45) is 1.36. The number of ether oxygens (including phenoxy) is 1. The third-order valence-corrected chi connectivity index (χ3v) is 3.35. The molecular formula is C18H23N3O3. The zero-order chi connectivity index (χ0) is 17.7. The number of nitrogens with one attached hydrogen (secondary N) is 1. The molecule has 0 aliphatic rings. The Bertz CT molecular complexity index is 732. The average molecular weight is 329 g/mol. The molecule has 1 N–H and O–H groups in total. The predicted octanol–water partition coefficient (Wildman–Crippen LogP) is 3.11. The highest BCUT2D eigenvalue weighted by Crippen LogP contribution is 2.24. The maximum absolute atomic E-state index is 12.4. The van der Waals surface area contributed by atoms with Gasteiger partial charge in [0.15, 0.2) is 0 Å². The molecule has 0 aliphatic carbocycles. The Morgan fingerprint density at radius 1 is 1.21 bits per heavy atom. The average Bonchev–Trinajstić information content (AvgIpc) is 2.51. The Morgan fingerprint density at radius 3 is 2.62 bits per heavy atom. The molecule has 0 saturated heterocycles. The van der Waals surface area contributed by atoms with E-state index in [1.165, 1.54) is 0 Å². The zero-order valence-corrected chi connectivity index (χ0v) is 14.5. The van der Waals surface area contributed by atoms with Gasteiger partial charge in [-0.3, -0.25) is 9.78 Å². The van der Waals surface area contributed by atoms with Crippen LogP contribution >= 0.6 is 0 Å². The number of hydrogen-bond acceptors (Lipinski definition) is 4. The first-order chi connectivity index (χ1) is 11.3. The number of hydrogen-bond donors (Lipinski definition) is 1. The first-order valence-electron chi connectivity index (χ1n) is 7.85. The third kappa shape index (κ3) is 4.68. The number of carbonyl (C=O) groups is 2. The maximum atomic E-state index is 12.4. The van der Waals surface area contributed by atoms with Gasteiger partial charge in [-0.1, -0.05) is 18.2 Å². The molecule has 0 radical (unpaired) electrons. The Hall–Kier alpha value is -2.63. The Kier molecular flexibility index (Phi) is 5.39. The van der Waals surface area contributed by atoms with E-state index in [1.807, 2.05) is 30.3 Å². The van der Waals surface area contributed by atoms with Crippen LogP contribution < -0.4 is 10.2 Å². The minimum atomic E-state index is -0.556. The number of aromatic nitrogens is 1. The van der Waals surface area contributed by atoms with Crippen LogP contribution in [0.25, 0.3) is 10.9 Å². The van der Waals surface area contributed by atoms with Crippen LogP contribution in [0, 0.1) is 0 Å². The van der Waals surface area contributed by atoms with E-state index in [-0.39, 0.29) is 18.9 Å². The zero-order valence-electron chi connectivity index (χ0n) is 14.5. The molecule has 0 bridgehead atoms. The van der Waals surface area contributed by atoms with Crippen molar-refractivity contribution in [3.05, 3.63) is 36.5 Å². The highest BCUT2D eigenvalue weighted by molar-refractivity contribution is 6.01. The molecular weight excluding hydrogens is 306 g/mol. The van der Waals surface area contributed by atoms with Gasteiger partial charge in [-0.25, -0.2) is 4.79 Å². The van der Waals surface area contributed by atoms with Gasteiger partial charge in [-0.2, -0.15) is 0 Å². The van der Waals surface area contributed by atoms with Crippen LogP contribution in [0.5, 0.6) is 0 Å². The van der Waals surface area contributed by atoms with E-state index in [2.05, 4.69) is 10.3 Å². The Balaban J connectivity index is 1.96. The summed E-state index contributed by atoms with van der Waals surface area (Å²) in [5, 5.41) is 3.56. The van der Waals surface area contributed by atoms with Crippen molar-refractivity contribution in [1.82, 2.24) is 10.3 Å². The molecule has 0 fully saturated rings. The van der Waals surface area contributed by atoms with Crippen molar-refractivity contribution < 1.29 is 14.3 Å². The number of fused-ring (bicyclic) bond motifs is 1. The molecule has 0 aliphatic heterocycles. The fraction of sp³-hybridized carbons (Fsp3) is 0.389. The standard InChI is InChI=1S/C18H23N3O3/c1-18(2,3)24-17(23)20-12-10-15(22)21(4)14-9-5-7-13-8-6-11-19-16(13)14/h5-9,11H,10,12H2,1-4H3,(H,20,23). The van der Waals surface area contributed by atoms with Gasteiger partial charge in [0, 0.05) is 31.6 Å². The molecule has 0 spiro atoms. The van der Waals surface area contributed by atoms with Crippen LogP contribution in [0.1, 0.15) is 27.2 Å². The highest BCUT2D eigenvalue weighted by Gasteiger charge is 2.17. The molecule has 2 aromatic rings. The minimum Gasteiger partial charge on any atom is -0.444 e. The lowest BCUT2D eigenvalue weighted by atomic mass is 10.1. The van der Waals surface area contributed by atoms with Crippen LogP contribution in [-0.4, -0.2) is 36.2 Å². The van der Waals surface area contributed by atoms with Crippen molar-refractivity contribution in [2.45, 2.75) is 32.8 Å². The number of amides is 2. The van der Waals surface area contributed by atoms with Gasteiger partial charge in [0.1, 0.15) is 5.60 Å². The quantitative estimate of drug-likeness (QED) is 0.935. The summed E-state index contributed by atoms with van der Waals surface area (Å²) in [6.45, 7) is 5.59. The van der Waals surface area contributed by atoms with Crippen LogP contribution in [0.2, 0.25) is 0 Å². The van der Waals surface area contributed by atoms with Gasteiger partial charge in [-0.15, -0.1) is 0 Å². The van der Waals surface area contributed by atoms with Crippen molar-refractivity contribution in [3.63, 3.8) is 0 Å². The monoisotopic (exact) mass is 329 g/mol. The maximum Gasteiger partial charge on any atom is 0.407 e. The van der Waals surface area contributed by atoms with Gasteiger partial charge in [0.25, 0.3) is 0 Å². The molecule has 24 heavy (non-hydrogen) atoms. The number of carbonyl (C=O) groups excluding carboxylic acids is 2. The van der Waals surface area contributed by atoms with Gasteiger partial charge < -0.3 is 15.0 Å². The second-order valence-electron chi connectivity index (χ2n) is 6.48. The van der Waals surface area contributed by atoms with Gasteiger partial charge in [0.05, 0.1) is 11.2 Å². The Morgan fingerprint density at radius 2 is 1.92 bits per heavy atom. The first-order valence-corrected chi connectivity index (χ1v) is 7.85. The van der Waals surface area contributed by atoms with Crippen LogP contribution in [0.15, 0.2) is 36.5 Å². The highest BCUT2D eigenvalue weighted by atomic mass is 16.6. The van der Waals surface area contributed by atoms with E-state index < -0.39 is 11.7 Å². The lowest BCUT2D eigenvalue weighted by molar-refractivity contribution is -0.118. The summed E-state index contributed by atoms with van der Waals surface area (Å²) in [5.74, 6) is -0.107. The summed E-state index contributed by atoms with van der Waals surface area (Å²) in [7, 11) is 1.71. The fourth-order valence-electron chi connectivity index (χ4n) is 2.25. The van der Waals surface area contributed by atoms with E-state index in [4.69, 9.17) is 4.74 Å². The van der Waals surface area contributed by atoms with Crippen LogP contribution in [0.3, 0.4) is 0 Å². The predicted molar refractivity (Wildman–Crippen MR) is 94.0 cm³/mol. The van der Waals surface area contributed by atoms with Crippen molar-refractivity contribution in [2.24, 2.45) is 0 Å². The van der Waals surface area contributed by atoms with E-state index in [0.29, 0.717) is 0 Å². The number of anilines is 1. The largest absolute Gasteiger partial charge is 0.444 e. The van der Waals surface area contributed by atoms with Crippen molar-refractivity contribution in [2.75, 3.05) is 18.5 Å². The summed E-state index contributed by atoms with van der Waals surface area (Å²) in [5.41, 5.74) is 0.964. The van der Waals surface area contributed by atoms with Crippen LogP contribution in [0.4, 0.5) is 10.5 Å². The second-order valence-corrected chi connectivity index (χ2v) is 6.48. The molecule has 1 aromatic heterocycles. The van der Waals surface area contributed by atoms with Crippen molar-refractivity contribution in [1.29, 1.82) is 0 Å². The lowest BCUT2D eigenvalue weighted by Gasteiger charge is -2.21. The number of para-hydroxylation sites is 1. The van der Waals surface area contributed by atoms with Gasteiger partial charge in [-0.05, 0) is 32.9 Å². The number of rotatable bonds is 4.